The van der Waals surface area contributed by atoms with E-state index < -0.39 is 0 Å². The van der Waals surface area contributed by atoms with Crippen LogP contribution in [0.4, 0.5) is 4.39 Å². The molecule has 150 valence electrons. The highest BCUT2D eigenvalue weighted by atomic mass is 19.1. The van der Waals surface area contributed by atoms with Gasteiger partial charge in [-0.1, -0.05) is 24.3 Å². The van der Waals surface area contributed by atoms with E-state index >= 15 is 0 Å². The zero-order valence-corrected chi connectivity index (χ0v) is 16.4. The van der Waals surface area contributed by atoms with Crippen molar-refractivity contribution in [2.45, 2.75) is 18.4 Å². The molecule has 1 aliphatic rings. The lowest BCUT2D eigenvalue weighted by Gasteiger charge is -2.10. The second kappa shape index (κ2) is 6.80. The summed E-state index contributed by atoms with van der Waals surface area (Å²) in [5.74, 6) is -0.159. The Hall–Kier alpha value is -3.93. The van der Waals surface area contributed by atoms with Gasteiger partial charge < -0.3 is 0 Å². The van der Waals surface area contributed by atoms with Crippen molar-refractivity contribution in [3.05, 3.63) is 101 Å². The number of hydrogen-bond donors (Lipinski definition) is 0. The van der Waals surface area contributed by atoms with Gasteiger partial charge >= 0.3 is 0 Å². The number of nitrogens with zero attached hydrogens (tertiary/aromatic N) is 4. The summed E-state index contributed by atoms with van der Waals surface area (Å²) in [5.41, 5.74) is 3.39. The molecule has 0 N–H and O–H groups in total. The first-order valence-electron chi connectivity index (χ1n) is 10.2. The zero-order chi connectivity index (χ0) is 20.9. The number of aromatic nitrogens is 4. The predicted molar refractivity (Wildman–Crippen MR) is 117 cm³/mol. The molecule has 0 spiro atoms. The fourth-order valence-corrected chi connectivity index (χ4v) is 4.30. The highest BCUT2D eigenvalue weighted by Gasteiger charge is 2.42. The second-order valence-electron chi connectivity index (χ2n) is 7.88. The van der Waals surface area contributed by atoms with E-state index in [2.05, 4.69) is 10.1 Å². The van der Waals surface area contributed by atoms with Gasteiger partial charge in [0.15, 0.2) is 0 Å². The molecule has 2 unspecified atom stereocenters. The van der Waals surface area contributed by atoms with E-state index in [1.807, 2.05) is 42.5 Å². The minimum atomic E-state index is -0.275. The third-order valence-corrected chi connectivity index (χ3v) is 5.95. The molecule has 6 rings (SSSR count). The lowest BCUT2D eigenvalue weighted by molar-refractivity contribution is 0.590. The molecule has 0 bridgehead atoms. The van der Waals surface area contributed by atoms with Gasteiger partial charge in [-0.3, -0.25) is 14.8 Å². The topological polar surface area (TPSA) is 60.7 Å². The van der Waals surface area contributed by atoms with Crippen molar-refractivity contribution in [2.24, 2.45) is 0 Å². The summed E-state index contributed by atoms with van der Waals surface area (Å²) in [5, 5.41) is 6.72. The number of hydrogen-bond acceptors (Lipinski definition) is 4. The highest BCUT2D eigenvalue weighted by molar-refractivity contribution is 5.95. The number of fused-ring (bicyclic) bond motifs is 2. The van der Waals surface area contributed by atoms with Crippen molar-refractivity contribution in [3.63, 3.8) is 0 Å². The first-order chi connectivity index (χ1) is 15.2. The molecule has 2 atom stereocenters. The molecular weight excluding hydrogens is 391 g/mol. The molecule has 0 radical (unpaired) electrons. The first kappa shape index (κ1) is 17.9. The maximum absolute atomic E-state index is 13.5. The molecule has 5 nitrogen and oxygen atoms in total. The Labute approximate surface area is 176 Å². The third-order valence-electron chi connectivity index (χ3n) is 5.95. The molecule has 5 aromatic rings. The monoisotopic (exact) mass is 408 g/mol. The number of benzene rings is 2. The number of pyridine rings is 2. The maximum atomic E-state index is 13.5. The molecule has 3 heterocycles. The van der Waals surface area contributed by atoms with Crippen molar-refractivity contribution in [1.29, 1.82) is 0 Å². The molecule has 0 saturated heterocycles. The number of rotatable bonds is 3. The molecule has 0 amide bonds. The summed E-state index contributed by atoms with van der Waals surface area (Å²) in [7, 11) is 0. The zero-order valence-electron chi connectivity index (χ0n) is 16.4. The molecule has 1 fully saturated rings. The van der Waals surface area contributed by atoms with Crippen molar-refractivity contribution in [1.82, 2.24) is 19.7 Å². The minimum absolute atomic E-state index is 0.0344. The van der Waals surface area contributed by atoms with Crippen LogP contribution in [0.25, 0.3) is 32.8 Å². The summed E-state index contributed by atoms with van der Waals surface area (Å²) < 4.78 is 15.0. The van der Waals surface area contributed by atoms with Gasteiger partial charge in [0.1, 0.15) is 5.82 Å². The van der Waals surface area contributed by atoms with Gasteiger partial charge in [0.2, 0.25) is 0 Å². The van der Waals surface area contributed by atoms with Crippen molar-refractivity contribution in [2.75, 3.05) is 0 Å². The van der Waals surface area contributed by atoms with Crippen LogP contribution in [0.1, 0.15) is 24.1 Å². The smallest absolute Gasteiger partial charge is 0.267 e. The van der Waals surface area contributed by atoms with Crippen molar-refractivity contribution >= 4 is 21.7 Å². The van der Waals surface area contributed by atoms with Crippen LogP contribution in [0.5, 0.6) is 0 Å². The van der Waals surface area contributed by atoms with Crippen molar-refractivity contribution in [3.8, 4) is 11.1 Å². The summed E-state index contributed by atoms with van der Waals surface area (Å²) in [6.07, 6.45) is 6.01. The summed E-state index contributed by atoms with van der Waals surface area (Å²) >= 11 is 0. The van der Waals surface area contributed by atoms with Crippen LogP contribution in [-0.4, -0.2) is 19.7 Å². The standard InChI is InChI=1S/C25H17FN4O/c26-18-5-7-21-16(12-18)4-6-22(29-21)20-13-23(20)30-25(31)24-17(14-28-30)2-1-3-19(24)15-8-10-27-11-9-15/h1-12,14,20,23H,13H2. The highest BCUT2D eigenvalue weighted by Crippen LogP contribution is 2.50. The molecule has 6 heteroatoms. The van der Waals surface area contributed by atoms with Gasteiger partial charge in [-0.05, 0) is 53.9 Å². The number of halogens is 1. The van der Waals surface area contributed by atoms with E-state index in [9.17, 15) is 9.18 Å². The first-order valence-corrected chi connectivity index (χ1v) is 10.2. The Morgan fingerprint density at radius 1 is 0.968 bits per heavy atom. The Morgan fingerprint density at radius 2 is 1.84 bits per heavy atom. The minimum Gasteiger partial charge on any atom is -0.267 e. The van der Waals surface area contributed by atoms with Crippen LogP contribution in [-0.2, 0) is 0 Å². The SMILES string of the molecule is O=c1c2c(-c3ccncc3)cccc2cnn1C1CC1c1ccc2cc(F)ccc2n1. The van der Waals surface area contributed by atoms with Crippen LogP contribution in [0, 0.1) is 5.82 Å². The lowest BCUT2D eigenvalue weighted by Crippen LogP contribution is -2.22. The van der Waals surface area contributed by atoms with Gasteiger partial charge in [-0.25, -0.2) is 9.07 Å². The van der Waals surface area contributed by atoms with E-state index in [0.29, 0.717) is 5.39 Å². The van der Waals surface area contributed by atoms with Gasteiger partial charge in [0, 0.05) is 34.8 Å². The van der Waals surface area contributed by atoms with E-state index in [1.165, 1.54) is 12.1 Å². The summed E-state index contributed by atoms with van der Waals surface area (Å²) in [6.45, 7) is 0. The Balaban J connectivity index is 1.41. The van der Waals surface area contributed by atoms with Crippen LogP contribution >= 0.6 is 0 Å². The Kier molecular flexibility index (Phi) is 3.93. The molecular formula is C25H17FN4O. The quantitative estimate of drug-likeness (QED) is 0.427. The molecule has 3 aromatic heterocycles. The van der Waals surface area contributed by atoms with Gasteiger partial charge in [0.05, 0.1) is 23.1 Å². The van der Waals surface area contributed by atoms with Crippen molar-refractivity contribution < 1.29 is 4.39 Å². The average Bonchev–Trinajstić information content (AvgIpc) is 3.60. The fraction of sp³-hybridized carbons (Fsp3) is 0.120. The Morgan fingerprint density at radius 3 is 2.71 bits per heavy atom. The average molecular weight is 408 g/mol. The molecule has 0 aliphatic heterocycles. The third kappa shape index (κ3) is 2.99. The van der Waals surface area contributed by atoms with E-state index in [0.717, 1.165) is 39.5 Å². The maximum Gasteiger partial charge on any atom is 0.275 e. The second-order valence-corrected chi connectivity index (χ2v) is 7.88. The molecule has 2 aromatic carbocycles. The van der Waals surface area contributed by atoms with E-state index in [4.69, 9.17) is 4.98 Å². The van der Waals surface area contributed by atoms with Crippen LogP contribution in [0.3, 0.4) is 0 Å². The molecule has 31 heavy (non-hydrogen) atoms. The van der Waals surface area contributed by atoms with Crippen LogP contribution in [0.2, 0.25) is 0 Å². The largest absolute Gasteiger partial charge is 0.275 e. The molecule has 1 aliphatic carbocycles. The fourth-order valence-electron chi connectivity index (χ4n) is 4.30. The van der Waals surface area contributed by atoms with E-state index in [1.54, 1.807) is 29.3 Å². The summed E-state index contributed by atoms with van der Waals surface area (Å²) in [6, 6.07) is 18.0. The summed E-state index contributed by atoms with van der Waals surface area (Å²) in [4.78, 5) is 22.2. The van der Waals surface area contributed by atoms with Gasteiger partial charge in [-0.15, -0.1) is 0 Å². The van der Waals surface area contributed by atoms with Gasteiger partial charge in [0.25, 0.3) is 5.56 Å². The van der Waals surface area contributed by atoms with Gasteiger partial charge in [-0.2, -0.15) is 5.10 Å². The lowest BCUT2D eigenvalue weighted by atomic mass is 10.0. The normalized spacial score (nSPS) is 17.8. The van der Waals surface area contributed by atoms with Crippen LogP contribution in [0.15, 0.2) is 84.0 Å². The Bertz CT molecular complexity index is 1510. The van der Waals surface area contributed by atoms with E-state index in [-0.39, 0.29) is 23.3 Å². The molecule has 1 saturated carbocycles. The predicted octanol–water partition coefficient (Wildman–Crippen LogP) is 4.87. The van der Waals surface area contributed by atoms with Crippen LogP contribution < -0.4 is 5.56 Å².